The van der Waals surface area contributed by atoms with Gasteiger partial charge in [0.25, 0.3) is 5.91 Å². The second kappa shape index (κ2) is 8.39. The van der Waals surface area contributed by atoms with Crippen LogP contribution in [-0.4, -0.2) is 44.0 Å². The van der Waals surface area contributed by atoms with Gasteiger partial charge in [-0.05, 0) is 31.0 Å². The predicted octanol–water partition coefficient (Wildman–Crippen LogP) is 4.29. The van der Waals surface area contributed by atoms with Crippen molar-refractivity contribution < 1.29 is 18.7 Å². The second-order valence-corrected chi connectivity index (χ2v) is 7.24. The van der Waals surface area contributed by atoms with Crippen LogP contribution in [0.4, 0.5) is 20.2 Å². The number of imidazole rings is 1. The SMILES string of the molecule is CC.CCC1(O)CN(C(=O)c2cn3ccnc3c(F)c2Nc2ccc(C)cc2F)C1. The monoisotopic (exact) mass is 416 g/mol. The van der Waals surface area contributed by atoms with Crippen LogP contribution < -0.4 is 5.32 Å². The van der Waals surface area contributed by atoms with Gasteiger partial charge in [-0.25, -0.2) is 13.8 Å². The summed E-state index contributed by atoms with van der Waals surface area (Å²) in [4.78, 5) is 18.4. The molecule has 1 saturated heterocycles. The summed E-state index contributed by atoms with van der Waals surface area (Å²) in [7, 11) is 0. The summed E-state index contributed by atoms with van der Waals surface area (Å²) in [5, 5.41) is 12.9. The van der Waals surface area contributed by atoms with E-state index in [0.717, 1.165) is 5.56 Å². The molecular weight excluding hydrogens is 390 g/mol. The molecule has 2 N–H and O–H groups in total. The Morgan fingerprint density at radius 2 is 2.00 bits per heavy atom. The first-order valence-corrected chi connectivity index (χ1v) is 10.0. The molecular formula is C22H26F2N4O2. The van der Waals surface area contributed by atoms with Gasteiger partial charge in [0.1, 0.15) is 5.82 Å². The maximum Gasteiger partial charge on any atom is 0.257 e. The number of aliphatic hydroxyl groups is 1. The Morgan fingerprint density at radius 3 is 2.63 bits per heavy atom. The van der Waals surface area contributed by atoms with Crippen LogP contribution in [0.25, 0.3) is 5.65 Å². The van der Waals surface area contributed by atoms with Gasteiger partial charge >= 0.3 is 0 Å². The summed E-state index contributed by atoms with van der Waals surface area (Å²) in [5.74, 6) is -1.74. The normalized spacial score (nSPS) is 14.7. The molecule has 0 spiro atoms. The molecule has 3 aromatic rings. The average molecular weight is 416 g/mol. The Kier molecular flexibility index (Phi) is 6.07. The molecule has 30 heavy (non-hydrogen) atoms. The van der Waals surface area contributed by atoms with Crippen LogP contribution in [0.15, 0.2) is 36.8 Å². The minimum atomic E-state index is -0.913. The number of benzene rings is 1. The van der Waals surface area contributed by atoms with E-state index >= 15 is 4.39 Å². The van der Waals surface area contributed by atoms with Crippen molar-refractivity contribution in [1.29, 1.82) is 0 Å². The molecule has 8 heteroatoms. The fourth-order valence-corrected chi connectivity index (χ4v) is 3.36. The van der Waals surface area contributed by atoms with E-state index in [1.54, 1.807) is 13.0 Å². The van der Waals surface area contributed by atoms with E-state index in [9.17, 15) is 14.3 Å². The number of halogens is 2. The van der Waals surface area contributed by atoms with Crippen LogP contribution in [-0.2, 0) is 0 Å². The summed E-state index contributed by atoms with van der Waals surface area (Å²) in [6.07, 6.45) is 4.93. The first kappa shape index (κ1) is 21.7. The van der Waals surface area contributed by atoms with E-state index in [1.807, 2.05) is 20.8 Å². The second-order valence-electron chi connectivity index (χ2n) is 7.24. The summed E-state index contributed by atoms with van der Waals surface area (Å²) in [6, 6.07) is 4.51. The minimum absolute atomic E-state index is 0.0280. The number of anilines is 2. The number of amides is 1. The lowest BCUT2D eigenvalue weighted by Crippen LogP contribution is -2.63. The van der Waals surface area contributed by atoms with Gasteiger partial charge in [0, 0.05) is 18.6 Å². The van der Waals surface area contributed by atoms with Crippen LogP contribution in [0.1, 0.15) is 43.1 Å². The number of aromatic nitrogens is 2. The largest absolute Gasteiger partial charge is 0.386 e. The first-order chi connectivity index (χ1) is 14.3. The van der Waals surface area contributed by atoms with Crippen molar-refractivity contribution in [3.8, 4) is 0 Å². The number of β-amino-alcohol motifs (C(OH)–C–C–N with tert-alkyl or cyclic N) is 1. The van der Waals surface area contributed by atoms with Crippen molar-refractivity contribution in [1.82, 2.24) is 14.3 Å². The number of carbonyl (C=O) groups is 1. The fraction of sp³-hybridized carbons (Fsp3) is 0.364. The smallest absolute Gasteiger partial charge is 0.257 e. The average Bonchev–Trinajstić information content (AvgIpc) is 3.19. The lowest BCUT2D eigenvalue weighted by atomic mass is 9.90. The third-order valence-corrected chi connectivity index (χ3v) is 5.15. The van der Waals surface area contributed by atoms with E-state index in [1.165, 1.54) is 40.0 Å². The molecule has 0 radical (unpaired) electrons. The molecule has 1 amide bonds. The number of likely N-dealkylation sites (tertiary alicyclic amines) is 1. The molecule has 1 aliphatic heterocycles. The lowest BCUT2D eigenvalue weighted by molar-refractivity contribution is -0.0826. The lowest BCUT2D eigenvalue weighted by Gasteiger charge is -2.46. The highest BCUT2D eigenvalue weighted by molar-refractivity contribution is 6.01. The number of fused-ring (bicyclic) bond motifs is 1. The van der Waals surface area contributed by atoms with E-state index in [0.29, 0.717) is 6.42 Å². The molecule has 0 unspecified atom stereocenters. The zero-order valence-electron chi connectivity index (χ0n) is 17.5. The van der Waals surface area contributed by atoms with Gasteiger partial charge in [-0.1, -0.05) is 26.8 Å². The molecule has 1 aliphatic rings. The molecule has 3 heterocycles. The number of pyridine rings is 1. The third-order valence-electron chi connectivity index (χ3n) is 5.15. The van der Waals surface area contributed by atoms with Crippen molar-refractivity contribution in [3.63, 3.8) is 0 Å². The maximum atomic E-state index is 15.1. The molecule has 6 nitrogen and oxygen atoms in total. The molecule has 2 aromatic heterocycles. The van der Waals surface area contributed by atoms with Gasteiger partial charge in [-0.3, -0.25) is 4.79 Å². The van der Waals surface area contributed by atoms with Crippen molar-refractivity contribution in [2.24, 2.45) is 0 Å². The van der Waals surface area contributed by atoms with Gasteiger partial charge in [0.2, 0.25) is 0 Å². The van der Waals surface area contributed by atoms with Crippen molar-refractivity contribution in [3.05, 3.63) is 59.6 Å². The molecule has 0 aliphatic carbocycles. The minimum Gasteiger partial charge on any atom is -0.386 e. The van der Waals surface area contributed by atoms with Crippen molar-refractivity contribution in [2.45, 2.75) is 39.7 Å². The number of hydrogen-bond donors (Lipinski definition) is 2. The maximum absolute atomic E-state index is 15.1. The highest BCUT2D eigenvalue weighted by Crippen LogP contribution is 2.32. The number of nitrogens with one attached hydrogen (secondary N) is 1. The molecule has 0 atom stereocenters. The number of aryl methyl sites for hydroxylation is 1. The van der Waals surface area contributed by atoms with Crippen LogP contribution in [0, 0.1) is 18.6 Å². The highest BCUT2D eigenvalue weighted by atomic mass is 19.1. The standard InChI is InChI=1S/C20H20F2N4O2.C2H6/c1-3-20(28)10-26(11-20)19(27)13-9-25-7-6-23-18(25)16(22)17(13)24-15-5-4-12(2)8-14(15)21;1-2/h4-9,24,28H,3,10-11H2,1-2H3;1-2H3. The van der Waals surface area contributed by atoms with E-state index in [-0.39, 0.29) is 35.7 Å². The third kappa shape index (κ3) is 3.87. The Morgan fingerprint density at radius 1 is 1.30 bits per heavy atom. The van der Waals surface area contributed by atoms with Crippen LogP contribution >= 0.6 is 0 Å². The topological polar surface area (TPSA) is 69.9 Å². The van der Waals surface area contributed by atoms with Crippen LogP contribution in [0.2, 0.25) is 0 Å². The number of rotatable bonds is 4. The number of nitrogens with zero attached hydrogens (tertiary/aromatic N) is 3. The zero-order chi connectivity index (χ0) is 22.1. The van der Waals surface area contributed by atoms with Gasteiger partial charge in [0.05, 0.1) is 35.6 Å². The summed E-state index contributed by atoms with van der Waals surface area (Å²) in [6.45, 7) is 7.93. The van der Waals surface area contributed by atoms with E-state index < -0.39 is 23.1 Å². The zero-order valence-corrected chi connectivity index (χ0v) is 17.5. The Labute approximate surface area is 174 Å². The molecule has 0 saturated carbocycles. The van der Waals surface area contributed by atoms with Gasteiger partial charge < -0.3 is 19.7 Å². The first-order valence-electron chi connectivity index (χ1n) is 10.0. The summed E-state index contributed by atoms with van der Waals surface area (Å²) in [5.41, 5.74) is -0.199. The molecule has 1 aromatic carbocycles. The number of carbonyl (C=O) groups excluding carboxylic acids is 1. The quantitative estimate of drug-likeness (QED) is 0.666. The van der Waals surface area contributed by atoms with E-state index in [4.69, 9.17) is 0 Å². The number of hydrogen-bond acceptors (Lipinski definition) is 4. The molecule has 4 rings (SSSR count). The van der Waals surface area contributed by atoms with Gasteiger partial charge in [-0.2, -0.15) is 0 Å². The van der Waals surface area contributed by atoms with E-state index in [2.05, 4.69) is 10.3 Å². The molecule has 1 fully saturated rings. The molecule has 160 valence electrons. The summed E-state index contributed by atoms with van der Waals surface area (Å²) >= 11 is 0. The Balaban J connectivity index is 0.00000124. The Hall–Kier alpha value is -3.00. The summed E-state index contributed by atoms with van der Waals surface area (Å²) < 4.78 is 30.8. The van der Waals surface area contributed by atoms with Crippen LogP contribution in [0.3, 0.4) is 0 Å². The molecule has 0 bridgehead atoms. The predicted molar refractivity (Wildman–Crippen MR) is 112 cm³/mol. The van der Waals surface area contributed by atoms with Gasteiger partial charge in [-0.15, -0.1) is 0 Å². The van der Waals surface area contributed by atoms with Gasteiger partial charge in [0.15, 0.2) is 11.5 Å². The van der Waals surface area contributed by atoms with Crippen LogP contribution in [0.5, 0.6) is 0 Å². The Bertz CT molecular complexity index is 1070. The fourth-order valence-electron chi connectivity index (χ4n) is 3.36. The van der Waals surface area contributed by atoms with Crippen molar-refractivity contribution >= 4 is 22.9 Å². The van der Waals surface area contributed by atoms with Crippen molar-refractivity contribution in [2.75, 3.05) is 18.4 Å². The highest BCUT2D eigenvalue weighted by Gasteiger charge is 2.43.